The summed E-state index contributed by atoms with van der Waals surface area (Å²) >= 11 is 6.16. The molecule has 2 aromatic carbocycles. The average Bonchev–Trinajstić information content (AvgIpc) is 2.67. The Morgan fingerprint density at radius 1 is 1.14 bits per heavy atom. The van der Waals surface area contributed by atoms with Crippen molar-refractivity contribution < 1.29 is 9.53 Å². The van der Waals surface area contributed by atoms with E-state index in [2.05, 4.69) is 29.3 Å². The van der Waals surface area contributed by atoms with Crippen LogP contribution in [0, 0.1) is 19.8 Å². The van der Waals surface area contributed by atoms with E-state index in [1.54, 1.807) is 0 Å². The quantitative estimate of drug-likeness (QED) is 0.723. The number of amides is 1. The Hall–Kier alpha value is -2.04. The first-order valence-corrected chi connectivity index (χ1v) is 10.3. The highest BCUT2D eigenvalue weighted by atomic mass is 35.5. The lowest BCUT2D eigenvalue weighted by Gasteiger charge is -2.30. The number of hydrogen-bond acceptors (Lipinski definition) is 3. The number of nitrogens with one attached hydrogen (secondary N) is 1. The van der Waals surface area contributed by atoms with Gasteiger partial charge in [-0.25, -0.2) is 0 Å². The van der Waals surface area contributed by atoms with Crippen LogP contribution in [0.1, 0.15) is 36.5 Å². The van der Waals surface area contributed by atoms with Crippen molar-refractivity contribution in [3.05, 3.63) is 58.1 Å². The van der Waals surface area contributed by atoms with E-state index in [0.29, 0.717) is 5.75 Å². The lowest BCUT2D eigenvalue weighted by Crippen LogP contribution is -2.32. The van der Waals surface area contributed by atoms with Gasteiger partial charge in [0.05, 0.1) is 0 Å². The van der Waals surface area contributed by atoms with Crippen LogP contribution in [0.25, 0.3) is 0 Å². The molecule has 0 aromatic heterocycles. The second kappa shape index (κ2) is 9.44. The highest BCUT2D eigenvalue weighted by molar-refractivity contribution is 6.32. The zero-order chi connectivity index (χ0) is 20.1. The Kier molecular flexibility index (Phi) is 6.97. The van der Waals surface area contributed by atoms with E-state index < -0.39 is 0 Å². The molecule has 1 fully saturated rings. The lowest BCUT2D eigenvalue weighted by molar-refractivity contribution is -0.118. The SMILES string of the molecule is Cc1cc(OCC(=O)Nc2ccc(CN3CCC(C)CC3)cc2)cc(C)c1Cl. The maximum Gasteiger partial charge on any atom is 0.262 e. The van der Waals surface area contributed by atoms with Gasteiger partial charge in [0.15, 0.2) is 6.61 Å². The van der Waals surface area contributed by atoms with Crippen molar-refractivity contribution >= 4 is 23.2 Å². The number of carbonyl (C=O) groups is 1. The summed E-state index contributed by atoms with van der Waals surface area (Å²) in [6, 6.07) is 11.8. The summed E-state index contributed by atoms with van der Waals surface area (Å²) in [6.45, 7) is 9.45. The first-order valence-electron chi connectivity index (χ1n) is 9.91. The first-order chi connectivity index (χ1) is 13.4. The van der Waals surface area contributed by atoms with Crippen molar-refractivity contribution in [1.82, 2.24) is 4.90 Å². The molecule has 0 saturated carbocycles. The molecule has 5 heteroatoms. The van der Waals surface area contributed by atoms with E-state index in [4.69, 9.17) is 16.3 Å². The number of anilines is 1. The van der Waals surface area contributed by atoms with Crippen LogP contribution in [0.4, 0.5) is 5.69 Å². The molecular weight excluding hydrogens is 372 g/mol. The Balaban J connectivity index is 1.48. The predicted octanol–water partition coefficient (Wildman–Crippen LogP) is 5.21. The minimum Gasteiger partial charge on any atom is -0.484 e. The third kappa shape index (κ3) is 5.73. The lowest BCUT2D eigenvalue weighted by atomic mass is 9.99. The summed E-state index contributed by atoms with van der Waals surface area (Å²) < 4.78 is 5.61. The number of aryl methyl sites for hydroxylation is 2. The number of halogens is 1. The van der Waals surface area contributed by atoms with Crippen molar-refractivity contribution in [2.75, 3.05) is 25.0 Å². The van der Waals surface area contributed by atoms with Crippen LogP contribution in [0.5, 0.6) is 5.75 Å². The minimum atomic E-state index is -0.178. The number of piperidine rings is 1. The van der Waals surface area contributed by atoms with Crippen molar-refractivity contribution in [3.8, 4) is 5.75 Å². The van der Waals surface area contributed by atoms with Gasteiger partial charge in [0.1, 0.15) is 5.75 Å². The van der Waals surface area contributed by atoms with E-state index in [9.17, 15) is 4.79 Å². The second-order valence-electron chi connectivity index (χ2n) is 7.86. The Labute approximate surface area is 172 Å². The number of hydrogen-bond donors (Lipinski definition) is 1. The third-order valence-electron chi connectivity index (χ3n) is 5.30. The topological polar surface area (TPSA) is 41.6 Å². The van der Waals surface area contributed by atoms with Gasteiger partial charge in [-0.1, -0.05) is 30.7 Å². The van der Waals surface area contributed by atoms with Crippen LogP contribution in [-0.4, -0.2) is 30.5 Å². The van der Waals surface area contributed by atoms with Crippen molar-refractivity contribution in [3.63, 3.8) is 0 Å². The Morgan fingerprint density at radius 3 is 2.36 bits per heavy atom. The molecule has 2 aromatic rings. The van der Waals surface area contributed by atoms with Gasteiger partial charge in [0, 0.05) is 17.3 Å². The minimum absolute atomic E-state index is 0.0335. The molecule has 1 N–H and O–H groups in total. The van der Waals surface area contributed by atoms with Crippen LogP contribution in [0.3, 0.4) is 0 Å². The van der Waals surface area contributed by atoms with Gasteiger partial charge in [-0.05, 0) is 86.7 Å². The first kappa shape index (κ1) is 20.7. The number of benzene rings is 2. The van der Waals surface area contributed by atoms with Gasteiger partial charge in [0.2, 0.25) is 0 Å². The summed E-state index contributed by atoms with van der Waals surface area (Å²) in [7, 11) is 0. The molecule has 1 aliphatic rings. The molecule has 150 valence electrons. The van der Waals surface area contributed by atoms with Crippen LogP contribution in [-0.2, 0) is 11.3 Å². The zero-order valence-electron chi connectivity index (χ0n) is 16.9. The largest absolute Gasteiger partial charge is 0.484 e. The second-order valence-corrected chi connectivity index (χ2v) is 8.24. The van der Waals surface area contributed by atoms with Gasteiger partial charge in [0.25, 0.3) is 5.91 Å². The average molecular weight is 401 g/mol. The van der Waals surface area contributed by atoms with Gasteiger partial charge < -0.3 is 10.1 Å². The number of rotatable bonds is 6. The molecule has 1 heterocycles. The fourth-order valence-electron chi connectivity index (χ4n) is 3.51. The van der Waals surface area contributed by atoms with Crippen LogP contribution >= 0.6 is 11.6 Å². The summed E-state index contributed by atoms with van der Waals surface area (Å²) in [6.07, 6.45) is 2.56. The molecular formula is C23H29ClN2O2. The smallest absolute Gasteiger partial charge is 0.262 e. The van der Waals surface area contributed by atoms with E-state index in [1.165, 1.54) is 31.5 Å². The summed E-state index contributed by atoms with van der Waals surface area (Å²) in [5.41, 5.74) is 3.94. The molecule has 0 unspecified atom stereocenters. The van der Waals surface area contributed by atoms with Crippen molar-refractivity contribution in [2.24, 2.45) is 5.92 Å². The molecule has 28 heavy (non-hydrogen) atoms. The fourth-order valence-corrected chi connectivity index (χ4v) is 3.62. The Morgan fingerprint density at radius 2 is 1.75 bits per heavy atom. The summed E-state index contributed by atoms with van der Waals surface area (Å²) in [5, 5.41) is 3.62. The number of likely N-dealkylation sites (tertiary alicyclic amines) is 1. The van der Waals surface area contributed by atoms with Crippen LogP contribution in [0.15, 0.2) is 36.4 Å². The maximum atomic E-state index is 12.2. The van der Waals surface area contributed by atoms with E-state index in [0.717, 1.165) is 34.3 Å². The van der Waals surface area contributed by atoms with Gasteiger partial charge >= 0.3 is 0 Å². The molecule has 1 amide bonds. The van der Waals surface area contributed by atoms with E-state index in [1.807, 2.05) is 38.1 Å². The highest BCUT2D eigenvalue weighted by Crippen LogP contribution is 2.26. The van der Waals surface area contributed by atoms with Crippen molar-refractivity contribution in [1.29, 1.82) is 0 Å². The van der Waals surface area contributed by atoms with Crippen LogP contribution in [0.2, 0.25) is 5.02 Å². The summed E-state index contributed by atoms with van der Waals surface area (Å²) in [4.78, 5) is 14.7. The highest BCUT2D eigenvalue weighted by Gasteiger charge is 2.15. The normalized spacial score (nSPS) is 15.4. The molecule has 3 rings (SSSR count). The molecule has 1 saturated heterocycles. The molecule has 0 bridgehead atoms. The number of carbonyl (C=O) groups excluding carboxylic acids is 1. The van der Waals surface area contributed by atoms with Crippen LogP contribution < -0.4 is 10.1 Å². The number of nitrogens with zero attached hydrogens (tertiary/aromatic N) is 1. The third-order valence-corrected chi connectivity index (χ3v) is 5.90. The fraction of sp³-hybridized carbons (Fsp3) is 0.435. The molecule has 0 spiro atoms. The van der Waals surface area contributed by atoms with Crippen molar-refractivity contribution in [2.45, 2.75) is 40.2 Å². The van der Waals surface area contributed by atoms with E-state index >= 15 is 0 Å². The Bertz CT molecular complexity index is 789. The standard InChI is InChI=1S/C23H29ClN2O2/c1-16-8-10-26(11-9-16)14-19-4-6-20(7-5-19)25-22(27)15-28-21-12-17(2)23(24)18(3)13-21/h4-7,12-13,16H,8-11,14-15H2,1-3H3,(H,25,27). The van der Waals surface area contributed by atoms with Gasteiger partial charge in [-0.2, -0.15) is 0 Å². The molecule has 1 aliphatic heterocycles. The monoisotopic (exact) mass is 400 g/mol. The number of ether oxygens (including phenoxy) is 1. The molecule has 0 aliphatic carbocycles. The molecule has 0 radical (unpaired) electrons. The predicted molar refractivity (Wildman–Crippen MR) is 115 cm³/mol. The van der Waals surface area contributed by atoms with Gasteiger partial charge in [-0.15, -0.1) is 0 Å². The zero-order valence-corrected chi connectivity index (χ0v) is 17.7. The van der Waals surface area contributed by atoms with E-state index in [-0.39, 0.29) is 12.5 Å². The maximum absolute atomic E-state index is 12.2. The summed E-state index contributed by atoms with van der Waals surface area (Å²) in [5.74, 6) is 1.32. The molecule has 4 nitrogen and oxygen atoms in total. The molecule has 0 atom stereocenters. The van der Waals surface area contributed by atoms with Gasteiger partial charge in [-0.3, -0.25) is 9.69 Å².